The van der Waals surface area contributed by atoms with E-state index in [-0.39, 0.29) is 43.5 Å². The number of nitrogens with zero attached hydrogens (tertiary/aromatic N) is 1. The number of rotatable bonds is 8. The van der Waals surface area contributed by atoms with Gasteiger partial charge in [0.2, 0.25) is 11.8 Å². The topological polar surface area (TPSA) is 105 Å². The fourth-order valence-corrected chi connectivity index (χ4v) is 5.80. The summed E-state index contributed by atoms with van der Waals surface area (Å²) in [5.74, 6) is -2.59. The average Bonchev–Trinajstić information content (AvgIpc) is 3.13. The molecule has 4 unspecified atom stereocenters. The molecule has 0 saturated carbocycles. The lowest BCUT2D eigenvalue weighted by atomic mass is 9.62. The third-order valence-electron chi connectivity index (χ3n) is 7.05. The number of fused-ring (bicyclic) bond motifs is 1. The first-order valence-corrected chi connectivity index (χ1v) is 10.8. The first-order chi connectivity index (χ1) is 13.7. The maximum Gasteiger partial charge on any atom is 0.312 e. The summed E-state index contributed by atoms with van der Waals surface area (Å²) < 4.78 is 11.8. The van der Waals surface area contributed by atoms with E-state index in [0.29, 0.717) is 6.42 Å². The summed E-state index contributed by atoms with van der Waals surface area (Å²) in [4.78, 5) is 41.0. The van der Waals surface area contributed by atoms with Gasteiger partial charge in [-0.15, -0.1) is 0 Å². The number of hydrogen-bond acceptors (Lipinski definition) is 6. The second-order valence-electron chi connectivity index (χ2n) is 8.91. The Balaban J connectivity index is 2.02. The lowest BCUT2D eigenvalue weighted by Gasteiger charge is -2.36. The quantitative estimate of drug-likeness (QED) is 0.575. The van der Waals surface area contributed by atoms with E-state index >= 15 is 0 Å². The fourth-order valence-electron chi connectivity index (χ4n) is 5.80. The summed E-state index contributed by atoms with van der Waals surface area (Å²) in [5.41, 5.74) is -1.93. The number of nitrogens with one attached hydrogen (secondary N) is 1. The van der Waals surface area contributed by atoms with E-state index in [1.54, 1.807) is 6.92 Å². The van der Waals surface area contributed by atoms with Crippen LogP contribution in [0.4, 0.5) is 0 Å². The zero-order valence-electron chi connectivity index (χ0n) is 18.1. The highest BCUT2D eigenvalue weighted by atomic mass is 16.6. The molecule has 8 nitrogen and oxygen atoms in total. The molecule has 164 valence electrons. The Bertz CT molecular complexity index is 684. The summed E-state index contributed by atoms with van der Waals surface area (Å²) in [6.45, 7) is 9.53. The minimum atomic E-state index is -1.08. The Hall–Kier alpha value is -1.67. The highest BCUT2D eigenvalue weighted by Crippen LogP contribution is 2.65. The lowest BCUT2D eigenvalue weighted by Crippen LogP contribution is -2.57. The molecule has 0 aromatic carbocycles. The predicted octanol–water partition coefficient (Wildman–Crippen LogP) is 0.857. The smallest absolute Gasteiger partial charge is 0.312 e. The second kappa shape index (κ2) is 7.87. The van der Waals surface area contributed by atoms with Crippen molar-refractivity contribution < 1.29 is 29.0 Å². The molecule has 0 aliphatic carbocycles. The lowest BCUT2D eigenvalue weighted by molar-refractivity contribution is -0.161. The Morgan fingerprint density at radius 1 is 1.41 bits per heavy atom. The number of carbonyl (C=O) groups excluding carboxylic acids is 3. The van der Waals surface area contributed by atoms with Crippen LogP contribution in [0.3, 0.4) is 0 Å². The monoisotopic (exact) mass is 410 g/mol. The van der Waals surface area contributed by atoms with Gasteiger partial charge in [-0.25, -0.2) is 0 Å². The molecule has 1 spiro atoms. The van der Waals surface area contributed by atoms with Gasteiger partial charge in [-0.2, -0.15) is 0 Å². The van der Waals surface area contributed by atoms with Gasteiger partial charge in [-0.1, -0.05) is 20.3 Å². The number of aliphatic hydroxyl groups excluding tert-OH is 1. The van der Waals surface area contributed by atoms with Gasteiger partial charge >= 0.3 is 5.97 Å². The van der Waals surface area contributed by atoms with Crippen molar-refractivity contribution in [1.82, 2.24) is 10.2 Å². The largest absolute Gasteiger partial charge is 0.466 e. The number of ether oxygens (including phenoxy) is 2. The molecule has 3 aliphatic heterocycles. The summed E-state index contributed by atoms with van der Waals surface area (Å²) >= 11 is 0. The molecule has 0 radical (unpaired) electrons. The molecule has 3 fully saturated rings. The Labute approximate surface area is 172 Å². The zero-order chi connectivity index (χ0) is 21.6. The van der Waals surface area contributed by atoms with Crippen molar-refractivity contribution in [2.24, 2.45) is 17.8 Å². The summed E-state index contributed by atoms with van der Waals surface area (Å²) in [6, 6.07) is -0.906. The van der Waals surface area contributed by atoms with Gasteiger partial charge in [0.15, 0.2) is 0 Å². The summed E-state index contributed by atoms with van der Waals surface area (Å²) in [7, 11) is 0. The van der Waals surface area contributed by atoms with Gasteiger partial charge in [-0.3, -0.25) is 14.4 Å². The number of aliphatic hydroxyl groups is 1. The molecular formula is C21H34N2O6. The Morgan fingerprint density at radius 2 is 2.10 bits per heavy atom. The SMILES string of the molecule is CCCC(C)NC(=O)C1N(CCO)C(=O)[C@@H]2[C@H](C(=O)OCC)[C@@]3(C)OC12CC3C. The molecule has 29 heavy (non-hydrogen) atoms. The molecule has 2 amide bonds. The van der Waals surface area contributed by atoms with E-state index in [2.05, 4.69) is 5.32 Å². The Kier molecular flexibility index (Phi) is 5.98. The van der Waals surface area contributed by atoms with Crippen LogP contribution in [-0.4, -0.2) is 70.8 Å². The third-order valence-corrected chi connectivity index (χ3v) is 7.05. The van der Waals surface area contributed by atoms with E-state index in [9.17, 15) is 19.5 Å². The van der Waals surface area contributed by atoms with Crippen LogP contribution in [0.15, 0.2) is 0 Å². The van der Waals surface area contributed by atoms with E-state index in [4.69, 9.17) is 9.47 Å². The Morgan fingerprint density at radius 3 is 2.69 bits per heavy atom. The van der Waals surface area contributed by atoms with Crippen LogP contribution in [-0.2, 0) is 23.9 Å². The number of likely N-dealkylation sites (tertiary alicyclic amines) is 1. The van der Waals surface area contributed by atoms with Crippen LogP contribution >= 0.6 is 0 Å². The zero-order valence-corrected chi connectivity index (χ0v) is 18.1. The van der Waals surface area contributed by atoms with Gasteiger partial charge in [0.05, 0.1) is 24.7 Å². The van der Waals surface area contributed by atoms with Crippen molar-refractivity contribution in [3.05, 3.63) is 0 Å². The van der Waals surface area contributed by atoms with Crippen molar-refractivity contribution in [3.63, 3.8) is 0 Å². The maximum absolute atomic E-state index is 13.4. The first-order valence-electron chi connectivity index (χ1n) is 10.8. The minimum Gasteiger partial charge on any atom is -0.466 e. The van der Waals surface area contributed by atoms with E-state index in [1.165, 1.54) is 4.90 Å². The molecule has 7 atom stereocenters. The van der Waals surface area contributed by atoms with Gasteiger partial charge < -0.3 is 24.8 Å². The minimum absolute atomic E-state index is 0.0154. The molecule has 2 N–H and O–H groups in total. The first kappa shape index (κ1) is 22.0. The molecule has 0 aromatic rings. The second-order valence-corrected chi connectivity index (χ2v) is 8.91. The number of hydrogen-bond donors (Lipinski definition) is 2. The van der Waals surface area contributed by atoms with Gasteiger partial charge in [-0.05, 0) is 39.5 Å². The maximum atomic E-state index is 13.4. The van der Waals surface area contributed by atoms with E-state index in [0.717, 1.165) is 12.8 Å². The average molecular weight is 411 g/mol. The predicted molar refractivity (Wildman–Crippen MR) is 105 cm³/mol. The summed E-state index contributed by atoms with van der Waals surface area (Å²) in [5, 5.41) is 12.6. The molecule has 2 bridgehead atoms. The van der Waals surface area contributed by atoms with Crippen LogP contribution < -0.4 is 5.32 Å². The van der Waals surface area contributed by atoms with Crippen molar-refractivity contribution >= 4 is 17.8 Å². The molecular weight excluding hydrogens is 376 g/mol. The molecule has 3 heterocycles. The summed E-state index contributed by atoms with van der Waals surface area (Å²) in [6.07, 6.45) is 2.26. The van der Waals surface area contributed by atoms with Crippen molar-refractivity contribution in [3.8, 4) is 0 Å². The van der Waals surface area contributed by atoms with Crippen LogP contribution in [0, 0.1) is 17.8 Å². The van der Waals surface area contributed by atoms with E-state index < -0.39 is 35.0 Å². The van der Waals surface area contributed by atoms with Crippen LogP contribution in [0.2, 0.25) is 0 Å². The fraction of sp³-hybridized carbons (Fsp3) is 0.857. The van der Waals surface area contributed by atoms with Crippen LogP contribution in [0.25, 0.3) is 0 Å². The molecule has 3 saturated heterocycles. The van der Waals surface area contributed by atoms with Crippen molar-refractivity contribution in [2.45, 2.75) is 77.2 Å². The number of carbonyl (C=O) groups is 3. The van der Waals surface area contributed by atoms with Crippen LogP contribution in [0.1, 0.15) is 53.9 Å². The third kappa shape index (κ3) is 3.15. The standard InChI is InChI=1S/C21H34N2O6/c1-6-8-13(4)22-17(25)16-21-11-12(3)20(5,29-21)15(19(27)28-7-2)14(21)18(26)23(16)9-10-24/h12-16,24H,6-11H2,1-5H3,(H,22,25)/t12?,13?,14-,15+,16?,20-,21?/m0/s1. The molecule has 3 aliphatic rings. The molecule has 3 rings (SSSR count). The van der Waals surface area contributed by atoms with E-state index in [1.807, 2.05) is 27.7 Å². The van der Waals surface area contributed by atoms with Crippen LogP contribution in [0.5, 0.6) is 0 Å². The number of amides is 2. The van der Waals surface area contributed by atoms with Gasteiger partial charge in [0.25, 0.3) is 0 Å². The highest BCUT2D eigenvalue weighted by Gasteiger charge is 2.80. The molecule has 0 aromatic heterocycles. The highest BCUT2D eigenvalue weighted by molar-refractivity contribution is 5.98. The number of β-amino-alcohol motifs (C(OH)–C–C–N with tert-alkyl or cyclic N) is 1. The van der Waals surface area contributed by atoms with Gasteiger partial charge in [0, 0.05) is 12.6 Å². The molecule has 8 heteroatoms. The van der Waals surface area contributed by atoms with Gasteiger partial charge in [0.1, 0.15) is 17.6 Å². The van der Waals surface area contributed by atoms with Crippen molar-refractivity contribution in [2.75, 3.05) is 19.8 Å². The van der Waals surface area contributed by atoms with Crippen molar-refractivity contribution in [1.29, 1.82) is 0 Å². The number of esters is 1. The normalized spacial score (nSPS) is 38.8.